The Kier molecular flexibility index (Phi) is 6.26. The number of carbonyl (C=O) groups is 1. The van der Waals surface area contributed by atoms with Gasteiger partial charge >= 0.3 is 0 Å². The number of rotatable bonds is 5. The lowest BCUT2D eigenvalue weighted by Gasteiger charge is -2.34. The number of pyridine rings is 1. The second-order valence-corrected chi connectivity index (χ2v) is 10.3. The molecule has 1 fully saturated rings. The molecule has 8 heteroatoms. The van der Waals surface area contributed by atoms with Crippen LogP contribution >= 0.6 is 22.7 Å². The third-order valence-corrected chi connectivity index (χ3v) is 7.30. The van der Waals surface area contributed by atoms with Gasteiger partial charge in [-0.3, -0.25) is 14.7 Å². The summed E-state index contributed by atoms with van der Waals surface area (Å²) < 4.78 is 0. The van der Waals surface area contributed by atoms with Crippen LogP contribution in [0.2, 0.25) is 0 Å². The van der Waals surface area contributed by atoms with Gasteiger partial charge in [-0.2, -0.15) is 0 Å². The first-order valence-electron chi connectivity index (χ1n) is 10.2. The van der Waals surface area contributed by atoms with E-state index in [4.69, 9.17) is 4.98 Å². The summed E-state index contributed by atoms with van der Waals surface area (Å²) in [7, 11) is 0. The van der Waals surface area contributed by atoms with Crippen molar-refractivity contribution in [1.82, 2.24) is 24.8 Å². The van der Waals surface area contributed by atoms with Gasteiger partial charge in [0.1, 0.15) is 5.01 Å². The van der Waals surface area contributed by atoms with Crippen LogP contribution in [0, 0.1) is 0 Å². The van der Waals surface area contributed by atoms with E-state index in [1.54, 1.807) is 17.5 Å². The Bertz CT molecular complexity index is 984. The number of amides is 1. The molecule has 3 aromatic rings. The largest absolute Gasteiger partial charge is 0.340 e. The van der Waals surface area contributed by atoms with Crippen LogP contribution in [0.15, 0.2) is 35.2 Å². The van der Waals surface area contributed by atoms with E-state index in [9.17, 15) is 4.79 Å². The van der Waals surface area contributed by atoms with Gasteiger partial charge in [0.15, 0.2) is 0 Å². The monoisotopic (exact) mass is 441 g/mol. The zero-order chi connectivity index (χ0) is 21.1. The first-order chi connectivity index (χ1) is 14.4. The van der Waals surface area contributed by atoms with Crippen molar-refractivity contribution in [2.75, 3.05) is 26.2 Å². The maximum absolute atomic E-state index is 12.7. The molecule has 0 atom stereocenters. The summed E-state index contributed by atoms with van der Waals surface area (Å²) in [4.78, 5) is 30.8. The predicted molar refractivity (Wildman–Crippen MR) is 122 cm³/mol. The zero-order valence-electron chi connectivity index (χ0n) is 17.7. The molecule has 0 aliphatic carbocycles. The third kappa shape index (κ3) is 5.11. The molecule has 0 unspecified atom stereocenters. The van der Waals surface area contributed by atoms with Gasteiger partial charge in [0.2, 0.25) is 5.91 Å². The number of carbonyl (C=O) groups excluding carboxylic acids is 1. The fourth-order valence-corrected chi connectivity index (χ4v) is 5.06. The topological polar surface area (TPSA) is 62.2 Å². The highest BCUT2D eigenvalue weighted by atomic mass is 32.1. The van der Waals surface area contributed by atoms with E-state index in [1.165, 1.54) is 16.3 Å². The molecule has 0 aromatic carbocycles. The summed E-state index contributed by atoms with van der Waals surface area (Å²) in [5.74, 6) is 0.149. The molecule has 0 radical (unpaired) electrons. The quantitative estimate of drug-likeness (QED) is 0.602. The third-order valence-electron chi connectivity index (χ3n) is 5.07. The highest BCUT2D eigenvalue weighted by Gasteiger charge is 2.23. The maximum Gasteiger partial charge on any atom is 0.228 e. The molecule has 0 spiro atoms. The highest BCUT2D eigenvalue weighted by molar-refractivity contribution is 7.13. The molecule has 1 aliphatic heterocycles. The minimum absolute atomic E-state index is 0.0974. The summed E-state index contributed by atoms with van der Waals surface area (Å²) in [5.41, 5.74) is 2.91. The smallest absolute Gasteiger partial charge is 0.228 e. The Hall–Kier alpha value is -2.16. The van der Waals surface area contributed by atoms with Crippen molar-refractivity contribution in [3.63, 3.8) is 0 Å². The average Bonchev–Trinajstić information content (AvgIpc) is 3.39. The minimum atomic E-state index is 0.0974. The van der Waals surface area contributed by atoms with Gasteiger partial charge in [0, 0.05) is 55.1 Å². The number of nitrogens with zero attached hydrogens (tertiary/aromatic N) is 5. The Morgan fingerprint density at radius 1 is 1.03 bits per heavy atom. The Labute approximate surface area is 185 Å². The molecule has 4 rings (SSSR count). The number of aromatic nitrogens is 3. The van der Waals surface area contributed by atoms with E-state index in [2.05, 4.69) is 41.0 Å². The van der Waals surface area contributed by atoms with E-state index < -0.39 is 0 Å². The molecule has 1 saturated heterocycles. The van der Waals surface area contributed by atoms with Crippen LogP contribution in [0.4, 0.5) is 0 Å². The second-order valence-electron chi connectivity index (χ2n) is 8.59. The molecule has 1 aliphatic rings. The van der Waals surface area contributed by atoms with Gasteiger partial charge in [-0.05, 0) is 12.1 Å². The molecule has 4 heterocycles. The lowest BCUT2D eigenvalue weighted by Crippen LogP contribution is -2.48. The van der Waals surface area contributed by atoms with Gasteiger partial charge in [-0.25, -0.2) is 9.97 Å². The summed E-state index contributed by atoms with van der Waals surface area (Å²) in [6.45, 7) is 10.7. The number of piperazine rings is 1. The standard InChI is InChI=1S/C22H27N5OS2/c1-22(2,3)21-25-17(15-30-21)13-26-8-10-27(11-9-26)19(28)12-16-14-29-20(24-16)18-6-4-5-7-23-18/h4-7,14-15H,8-13H2,1-3H3. The van der Waals surface area contributed by atoms with Gasteiger partial charge in [0.25, 0.3) is 0 Å². The molecule has 0 saturated carbocycles. The summed E-state index contributed by atoms with van der Waals surface area (Å²) in [6.07, 6.45) is 2.11. The molecule has 0 N–H and O–H groups in total. The van der Waals surface area contributed by atoms with Crippen molar-refractivity contribution < 1.29 is 4.79 Å². The molecule has 30 heavy (non-hydrogen) atoms. The van der Waals surface area contributed by atoms with E-state index in [-0.39, 0.29) is 11.3 Å². The molecule has 158 valence electrons. The fraction of sp³-hybridized carbons (Fsp3) is 0.455. The zero-order valence-corrected chi connectivity index (χ0v) is 19.3. The first-order valence-corrected chi connectivity index (χ1v) is 12.0. The predicted octanol–water partition coefficient (Wildman–Crippen LogP) is 3.85. The van der Waals surface area contributed by atoms with Crippen LogP contribution in [-0.4, -0.2) is 56.8 Å². The molecule has 0 bridgehead atoms. The lowest BCUT2D eigenvalue weighted by atomic mass is 9.98. The van der Waals surface area contributed by atoms with Crippen molar-refractivity contribution in [3.05, 3.63) is 51.6 Å². The van der Waals surface area contributed by atoms with Gasteiger partial charge in [0.05, 0.1) is 28.5 Å². The van der Waals surface area contributed by atoms with Crippen LogP contribution in [-0.2, 0) is 23.2 Å². The summed E-state index contributed by atoms with van der Waals surface area (Å²) in [5, 5.41) is 6.17. The number of hydrogen-bond acceptors (Lipinski definition) is 7. The normalized spacial score (nSPS) is 15.5. The van der Waals surface area contributed by atoms with Gasteiger partial charge in [-0.1, -0.05) is 26.8 Å². The summed E-state index contributed by atoms with van der Waals surface area (Å²) in [6, 6.07) is 5.78. The molecule has 1 amide bonds. The molecule has 6 nitrogen and oxygen atoms in total. The number of thiazole rings is 2. The van der Waals surface area contributed by atoms with Gasteiger partial charge < -0.3 is 4.90 Å². The van der Waals surface area contributed by atoms with Gasteiger partial charge in [-0.15, -0.1) is 22.7 Å². The number of hydrogen-bond donors (Lipinski definition) is 0. The fourth-order valence-electron chi connectivity index (χ4n) is 3.37. The van der Waals surface area contributed by atoms with E-state index in [0.717, 1.165) is 54.8 Å². The van der Waals surface area contributed by atoms with Crippen molar-refractivity contribution >= 4 is 28.6 Å². The first kappa shape index (κ1) is 21.1. The molecule has 3 aromatic heterocycles. The summed E-state index contributed by atoms with van der Waals surface area (Å²) >= 11 is 3.28. The Balaban J connectivity index is 1.27. The van der Waals surface area contributed by atoms with E-state index in [1.807, 2.05) is 28.5 Å². The van der Waals surface area contributed by atoms with E-state index >= 15 is 0 Å². The van der Waals surface area contributed by atoms with Crippen LogP contribution in [0.3, 0.4) is 0 Å². The molecular weight excluding hydrogens is 414 g/mol. The van der Waals surface area contributed by atoms with Crippen LogP contribution < -0.4 is 0 Å². The Morgan fingerprint density at radius 2 is 1.80 bits per heavy atom. The maximum atomic E-state index is 12.7. The van der Waals surface area contributed by atoms with E-state index in [0.29, 0.717) is 6.42 Å². The second kappa shape index (κ2) is 8.91. The average molecular weight is 442 g/mol. The van der Waals surface area contributed by atoms with Crippen molar-refractivity contribution in [1.29, 1.82) is 0 Å². The highest BCUT2D eigenvalue weighted by Crippen LogP contribution is 2.26. The van der Waals surface area contributed by atoms with Crippen LogP contribution in [0.1, 0.15) is 37.2 Å². The van der Waals surface area contributed by atoms with Crippen molar-refractivity contribution in [3.8, 4) is 10.7 Å². The molecular formula is C22H27N5OS2. The SMILES string of the molecule is CC(C)(C)c1nc(CN2CCN(C(=O)Cc3csc(-c4ccccn4)n3)CC2)cs1. The Morgan fingerprint density at radius 3 is 2.47 bits per heavy atom. The van der Waals surface area contributed by atoms with Crippen molar-refractivity contribution in [2.45, 2.75) is 39.2 Å². The van der Waals surface area contributed by atoms with Crippen molar-refractivity contribution in [2.24, 2.45) is 0 Å². The van der Waals surface area contributed by atoms with Crippen LogP contribution in [0.25, 0.3) is 10.7 Å². The minimum Gasteiger partial charge on any atom is -0.340 e. The lowest BCUT2D eigenvalue weighted by molar-refractivity contribution is -0.132. The van der Waals surface area contributed by atoms with Crippen LogP contribution in [0.5, 0.6) is 0 Å².